The predicted molar refractivity (Wildman–Crippen MR) is 88.8 cm³/mol. The standard InChI is InChI=1S/C15H24N4OS/c1-4-7-12-18-13-14(11(2)10-17-15(13)16)19(12)8-5-6-9-21(3)20/h10H,4-9H2,1-3H3,(H2,16,17). The molecule has 2 aromatic rings. The highest BCUT2D eigenvalue weighted by atomic mass is 32.2. The van der Waals surface area contributed by atoms with Crippen LogP contribution in [-0.4, -0.2) is 30.8 Å². The van der Waals surface area contributed by atoms with Gasteiger partial charge < -0.3 is 10.3 Å². The molecule has 1 atom stereocenters. The van der Waals surface area contributed by atoms with E-state index in [1.165, 1.54) is 0 Å². The fourth-order valence-corrected chi connectivity index (χ4v) is 3.21. The van der Waals surface area contributed by atoms with E-state index in [0.717, 1.165) is 60.4 Å². The molecule has 0 spiro atoms. The van der Waals surface area contributed by atoms with Gasteiger partial charge in [-0.15, -0.1) is 0 Å². The Balaban J connectivity index is 2.32. The lowest BCUT2D eigenvalue weighted by Crippen LogP contribution is -2.06. The molecule has 0 aliphatic carbocycles. The van der Waals surface area contributed by atoms with Crippen LogP contribution in [0.1, 0.15) is 37.6 Å². The Hall–Kier alpha value is -1.43. The van der Waals surface area contributed by atoms with Gasteiger partial charge >= 0.3 is 0 Å². The third kappa shape index (κ3) is 3.61. The molecule has 1 unspecified atom stereocenters. The zero-order valence-corrected chi connectivity index (χ0v) is 13.9. The Morgan fingerprint density at radius 3 is 2.81 bits per heavy atom. The number of imidazole rings is 1. The Morgan fingerprint density at radius 1 is 1.38 bits per heavy atom. The summed E-state index contributed by atoms with van der Waals surface area (Å²) in [5.41, 5.74) is 8.99. The minimum absolute atomic E-state index is 0.501. The van der Waals surface area contributed by atoms with E-state index in [9.17, 15) is 4.21 Å². The molecule has 0 saturated heterocycles. The predicted octanol–water partition coefficient (Wildman–Crippen LogP) is 2.43. The van der Waals surface area contributed by atoms with Gasteiger partial charge in [0, 0.05) is 42.0 Å². The van der Waals surface area contributed by atoms with Crippen molar-refractivity contribution in [3.8, 4) is 0 Å². The minimum atomic E-state index is -0.713. The maximum atomic E-state index is 11.2. The lowest BCUT2D eigenvalue weighted by Gasteiger charge is -2.10. The van der Waals surface area contributed by atoms with E-state index in [0.29, 0.717) is 5.82 Å². The number of nitrogens with zero attached hydrogens (tertiary/aromatic N) is 3. The smallest absolute Gasteiger partial charge is 0.151 e. The van der Waals surface area contributed by atoms with Crippen LogP contribution >= 0.6 is 0 Å². The van der Waals surface area contributed by atoms with E-state index in [2.05, 4.69) is 16.5 Å². The first-order chi connectivity index (χ1) is 10.0. The average Bonchev–Trinajstić information content (AvgIpc) is 2.79. The second-order valence-electron chi connectivity index (χ2n) is 5.44. The van der Waals surface area contributed by atoms with Crippen molar-refractivity contribution >= 4 is 27.7 Å². The number of rotatable bonds is 7. The van der Waals surface area contributed by atoms with E-state index < -0.39 is 10.8 Å². The van der Waals surface area contributed by atoms with Crippen LogP contribution in [0.4, 0.5) is 5.82 Å². The van der Waals surface area contributed by atoms with Gasteiger partial charge in [0.05, 0.1) is 5.52 Å². The average molecular weight is 308 g/mol. The molecule has 0 fully saturated rings. The minimum Gasteiger partial charge on any atom is -0.382 e. The number of nitrogens with two attached hydrogens (primary N) is 1. The molecule has 21 heavy (non-hydrogen) atoms. The number of anilines is 1. The number of fused-ring (bicyclic) bond motifs is 1. The Kier molecular flexibility index (Phi) is 5.33. The maximum Gasteiger partial charge on any atom is 0.151 e. The molecule has 0 amide bonds. The summed E-state index contributed by atoms with van der Waals surface area (Å²) in [5, 5.41) is 0. The van der Waals surface area contributed by atoms with Crippen LogP contribution in [0.25, 0.3) is 11.0 Å². The maximum absolute atomic E-state index is 11.2. The molecule has 116 valence electrons. The third-order valence-electron chi connectivity index (χ3n) is 3.60. The van der Waals surface area contributed by atoms with Gasteiger partial charge in [-0.05, 0) is 31.7 Å². The van der Waals surface area contributed by atoms with Gasteiger partial charge in [0.15, 0.2) is 5.82 Å². The van der Waals surface area contributed by atoms with Crippen molar-refractivity contribution in [1.29, 1.82) is 0 Å². The molecule has 0 aromatic carbocycles. The molecule has 2 rings (SSSR count). The highest BCUT2D eigenvalue weighted by Crippen LogP contribution is 2.24. The fraction of sp³-hybridized carbons (Fsp3) is 0.600. The van der Waals surface area contributed by atoms with Crippen molar-refractivity contribution in [2.24, 2.45) is 0 Å². The first-order valence-electron chi connectivity index (χ1n) is 7.44. The molecule has 2 heterocycles. The Labute approximate surface area is 128 Å². The monoisotopic (exact) mass is 308 g/mol. The van der Waals surface area contributed by atoms with Gasteiger partial charge in [0.2, 0.25) is 0 Å². The summed E-state index contributed by atoms with van der Waals surface area (Å²) in [6.45, 7) is 5.09. The zero-order valence-electron chi connectivity index (χ0n) is 13.1. The largest absolute Gasteiger partial charge is 0.382 e. The summed E-state index contributed by atoms with van der Waals surface area (Å²) in [5.74, 6) is 2.34. The summed E-state index contributed by atoms with van der Waals surface area (Å²) in [6.07, 6.45) is 7.53. The number of aromatic nitrogens is 3. The molecule has 5 nitrogen and oxygen atoms in total. The first-order valence-corrected chi connectivity index (χ1v) is 9.17. The number of hydrogen-bond donors (Lipinski definition) is 1. The van der Waals surface area contributed by atoms with Crippen LogP contribution in [0.3, 0.4) is 0 Å². The molecule has 0 aliphatic heterocycles. The van der Waals surface area contributed by atoms with Crippen molar-refractivity contribution in [2.45, 2.75) is 46.1 Å². The summed E-state index contributed by atoms with van der Waals surface area (Å²) in [4.78, 5) is 8.89. The summed E-state index contributed by atoms with van der Waals surface area (Å²) in [6, 6.07) is 0. The van der Waals surface area contributed by atoms with Gasteiger partial charge in [0.1, 0.15) is 11.3 Å². The lowest BCUT2D eigenvalue weighted by atomic mass is 10.2. The van der Waals surface area contributed by atoms with Crippen molar-refractivity contribution in [3.63, 3.8) is 0 Å². The highest BCUT2D eigenvalue weighted by molar-refractivity contribution is 7.84. The number of aryl methyl sites for hydroxylation is 3. The van der Waals surface area contributed by atoms with Crippen LogP contribution in [0, 0.1) is 6.92 Å². The van der Waals surface area contributed by atoms with Gasteiger partial charge in [-0.2, -0.15) is 0 Å². The Bertz CT molecular complexity index is 651. The first kappa shape index (κ1) is 15.9. The molecule has 2 N–H and O–H groups in total. The third-order valence-corrected chi connectivity index (χ3v) is 4.46. The second kappa shape index (κ2) is 7.02. The molecule has 0 radical (unpaired) electrons. The van der Waals surface area contributed by atoms with E-state index in [-0.39, 0.29) is 0 Å². The summed E-state index contributed by atoms with van der Waals surface area (Å²) >= 11 is 0. The lowest BCUT2D eigenvalue weighted by molar-refractivity contribution is 0.609. The van der Waals surface area contributed by atoms with Crippen LogP contribution in [0.5, 0.6) is 0 Å². The number of hydrogen-bond acceptors (Lipinski definition) is 4. The van der Waals surface area contributed by atoms with Gasteiger partial charge in [-0.25, -0.2) is 9.97 Å². The molecule has 0 aliphatic rings. The van der Waals surface area contributed by atoms with Crippen LogP contribution in [0.15, 0.2) is 6.20 Å². The second-order valence-corrected chi connectivity index (χ2v) is 6.99. The number of nitrogen functional groups attached to an aromatic ring is 1. The van der Waals surface area contributed by atoms with Crippen molar-refractivity contribution < 1.29 is 4.21 Å². The van der Waals surface area contributed by atoms with Gasteiger partial charge in [-0.3, -0.25) is 4.21 Å². The van der Waals surface area contributed by atoms with E-state index in [1.54, 1.807) is 6.26 Å². The Morgan fingerprint density at radius 2 is 2.14 bits per heavy atom. The topological polar surface area (TPSA) is 73.8 Å². The van der Waals surface area contributed by atoms with Crippen molar-refractivity contribution in [1.82, 2.24) is 14.5 Å². The molecule has 0 bridgehead atoms. The number of pyridine rings is 1. The van der Waals surface area contributed by atoms with E-state index >= 15 is 0 Å². The van der Waals surface area contributed by atoms with Crippen LogP contribution in [-0.2, 0) is 23.8 Å². The quantitative estimate of drug-likeness (QED) is 0.797. The highest BCUT2D eigenvalue weighted by Gasteiger charge is 2.14. The SMILES string of the molecule is CCCc1nc2c(N)ncc(C)c2n1CCCCS(C)=O. The van der Waals surface area contributed by atoms with Crippen molar-refractivity contribution in [3.05, 3.63) is 17.6 Å². The summed E-state index contributed by atoms with van der Waals surface area (Å²) in [7, 11) is -0.713. The van der Waals surface area contributed by atoms with Gasteiger partial charge in [-0.1, -0.05) is 6.92 Å². The normalized spacial score (nSPS) is 12.9. The molecule has 0 saturated carbocycles. The molecule has 2 aromatic heterocycles. The fourth-order valence-electron chi connectivity index (χ4n) is 2.60. The van der Waals surface area contributed by atoms with Gasteiger partial charge in [0.25, 0.3) is 0 Å². The summed E-state index contributed by atoms with van der Waals surface area (Å²) < 4.78 is 13.4. The molecular formula is C15H24N4OS. The molecular weight excluding hydrogens is 284 g/mol. The zero-order chi connectivity index (χ0) is 15.4. The van der Waals surface area contributed by atoms with Crippen LogP contribution < -0.4 is 5.73 Å². The van der Waals surface area contributed by atoms with E-state index in [4.69, 9.17) is 10.7 Å². The van der Waals surface area contributed by atoms with E-state index in [1.807, 2.05) is 13.1 Å². The van der Waals surface area contributed by atoms with Crippen molar-refractivity contribution in [2.75, 3.05) is 17.7 Å². The molecule has 6 heteroatoms. The number of unbranched alkanes of at least 4 members (excludes halogenated alkanes) is 1. The van der Waals surface area contributed by atoms with Crippen LogP contribution in [0.2, 0.25) is 0 Å².